The summed E-state index contributed by atoms with van der Waals surface area (Å²) in [6.07, 6.45) is 6.35. The van der Waals surface area contributed by atoms with Gasteiger partial charge in [-0.3, -0.25) is 4.99 Å². The van der Waals surface area contributed by atoms with Crippen LogP contribution in [0.5, 0.6) is 5.88 Å². The summed E-state index contributed by atoms with van der Waals surface area (Å²) in [6.45, 7) is 3.93. The van der Waals surface area contributed by atoms with Gasteiger partial charge in [-0.15, -0.1) is 24.0 Å². The minimum Gasteiger partial charge on any atom is -0.478 e. The Hall–Kier alpha value is -2.62. The predicted octanol–water partition coefficient (Wildman–Crippen LogP) is 3.19. The molecule has 7 nitrogen and oxygen atoms in total. The van der Waals surface area contributed by atoms with Crippen molar-refractivity contribution in [1.82, 2.24) is 25.4 Å². The van der Waals surface area contributed by atoms with E-state index in [1.165, 1.54) is 5.56 Å². The third kappa shape index (κ3) is 6.74. The normalized spacial score (nSPS) is 10.9. The Kier molecular flexibility index (Phi) is 9.42. The molecule has 0 saturated heterocycles. The zero-order chi connectivity index (χ0) is 19.6. The van der Waals surface area contributed by atoms with Crippen molar-refractivity contribution in [2.24, 2.45) is 4.99 Å². The number of hydrogen-bond donors (Lipinski definition) is 2. The molecule has 0 radical (unpaired) electrons. The number of guanidine groups is 1. The largest absolute Gasteiger partial charge is 0.478 e. The molecule has 3 aromatic rings. The van der Waals surface area contributed by atoms with Crippen LogP contribution in [-0.4, -0.2) is 40.9 Å². The summed E-state index contributed by atoms with van der Waals surface area (Å²) < 4.78 is 7.41. The maximum absolute atomic E-state index is 5.56. The maximum atomic E-state index is 5.56. The van der Waals surface area contributed by atoms with Crippen LogP contribution < -0.4 is 15.4 Å². The summed E-state index contributed by atoms with van der Waals surface area (Å²) in [6, 6.07) is 14.2. The first-order chi connectivity index (χ1) is 13.8. The van der Waals surface area contributed by atoms with Crippen LogP contribution in [-0.2, 0) is 13.0 Å². The average Bonchev–Trinajstić information content (AvgIpc) is 3.27. The molecule has 2 N–H and O–H groups in total. The molecule has 154 valence electrons. The number of nitrogens with zero attached hydrogens (tertiary/aromatic N) is 4. The fourth-order valence-corrected chi connectivity index (χ4v) is 2.79. The number of benzene rings is 1. The second-order valence-corrected chi connectivity index (χ2v) is 6.12. The Labute approximate surface area is 188 Å². The molecule has 0 aliphatic rings. The fourth-order valence-electron chi connectivity index (χ4n) is 2.79. The van der Waals surface area contributed by atoms with Gasteiger partial charge in [-0.1, -0.05) is 18.2 Å². The number of halogens is 1. The van der Waals surface area contributed by atoms with Gasteiger partial charge in [0.15, 0.2) is 5.96 Å². The number of aliphatic imine (C=N–C) groups is 1. The van der Waals surface area contributed by atoms with Gasteiger partial charge in [0.25, 0.3) is 0 Å². The standard InChI is InChI=1S/C21H26N6O.HI/c1-3-28-20-18(6-4-12-23-20)16-25-21(22-2)24-14-11-17-7-9-19(10-8-17)27-15-5-13-26-27;/h4-10,12-13,15H,3,11,14,16H2,1-2H3,(H2,22,24,25);1H. The van der Waals surface area contributed by atoms with Crippen LogP contribution in [0.1, 0.15) is 18.1 Å². The molecule has 0 fully saturated rings. The third-order valence-electron chi connectivity index (χ3n) is 4.21. The highest BCUT2D eigenvalue weighted by Gasteiger charge is 2.05. The molecule has 0 bridgehead atoms. The van der Waals surface area contributed by atoms with E-state index in [1.807, 2.05) is 36.0 Å². The summed E-state index contributed by atoms with van der Waals surface area (Å²) in [7, 11) is 1.76. The minimum atomic E-state index is 0. The van der Waals surface area contributed by atoms with Gasteiger partial charge in [0.2, 0.25) is 5.88 Å². The summed E-state index contributed by atoms with van der Waals surface area (Å²) in [5.41, 5.74) is 3.31. The van der Waals surface area contributed by atoms with Gasteiger partial charge in [0, 0.05) is 44.3 Å². The Morgan fingerprint density at radius 2 is 1.93 bits per heavy atom. The Morgan fingerprint density at radius 3 is 2.62 bits per heavy atom. The van der Waals surface area contributed by atoms with Crippen molar-refractivity contribution in [3.63, 3.8) is 0 Å². The summed E-state index contributed by atoms with van der Waals surface area (Å²) in [4.78, 5) is 8.55. The molecule has 0 atom stereocenters. The molecule has 0 aliphatic heterocycles. The van der Waals surface area contributed by atoms with Gasteiger partial charge < -0.3 is 15.4 Å². The molecule has 2 aromatic heterocycles. The lowest BCUT2D eigenvalue weighted by atomic mass is 10.1. The van der Waals surface area contributed by atoms with Crippen molar-refractivity contribution in [2.75, 3.05) is 20.2 Å². The smallest absolute Gasteiger partial charge is 0.218 e. The van der Waals surface area contributed by atoms with Crippen LogP contribution in [0.4, 0.5) is 0 Å². The maximum Gasteiger partial charge on any atom is 0.218 e. The Balaban J connectivity index is 0.00000300. The number of hydrogen-bond acceptors (Lipinski definition) is 4. The molecule has 0 amide bonds. The monoisotopic (exact) mass is 506 g/mol. The number of nitrogens with one attached hydrogen (secondary N) is 2. The van der Waals surface area contributed by atoms with Gasteiger partial charge >= 0.3 is 0 Å². The first-order valence-electron chi connectivity index (χ1n) is 9.40. The van der Waals surface area contributed by atoms with Crippen LogP contribution in [0.15, 0.2) is 66.0 Å². The van der Waals surface area contributed by atoms with E-state index < -0.39 is 0 Å². The predicted molar refractivity (Wildman–Crippen MR) is 126 cm³/mol. The summed E-state index contributed by atoms with van der Waals surface area (Å²) in [5, 5.41) is 10.9. The van der Waals surface area contributed by atoms with E-state index in [0.717, 1.165) is 30.2 Å². The van der Waals surface area contributed by atoms with E-state index in [-0.39, 0.29) is 24.0 Å². The first-order valence-corrected chi connectivity index (χ1v) is 9.40. The van der Waals surface area contributed by atoms with Crippen molar-refractivity contribution >= 4 is 29.9 Å². The highest BCUT2D eigenvalue weighted by Crippen LogP contribution is 2.13. The molecule has 2 heterocycles. The van der Waals surface area contributed by atoms with E-state index in [2.05, 4.69) is 50.0 Å². The molecule has 8 heteroatoms. The SMILES string of the molecule is CCOc1ncccc1CNC(=NC)NCCc1ccc(-n2cccn2)cc1.I. The molecular weight excluding hydrogens is 479 g/mol. The second-order valence-electron chi connectivity index (χ2n) is 6.12. The van der Waals surface area contributed by atoms with Gasteiger partial charge in [-0.05, 0) is 43.2 Å². The van der Waals surface area contributed by atoms with Crippen molar-refractivity contribution in [2.45, 2.75) is 19.9 Å². The highest BCUT2D eigenvalue weighted by atomic mass is 127. The number of ether oxygens (including phenoxy) is 1. The van der Waals surface area contributed by atoms with E-state index >= 15 is 0 Å². The third-order valence-corrected chi connectivity index (χ3v) is 4.21. The highest BCUT2D eigenvalue weighted by molar-refractivity contribution is 14.0. The van der Waals surface area contributed by atoms with Crippen molar-refractivity contribution in [3.05, 3.63) is 72.2 Å². The fraction of sp³-hybridized carbons (Fsp3) is 0.286. The van der Waals surface area contributed by atoms with Gasteiger partial charge in [-0.2, -0.15) is 5.10 Å². The van der Waals surface area contributed by atoms with Crippen LogP contribution in [0.2, 0.25) is 0 Å². The molecule has 0 unspecified atom stereocenters. The number of pyridine rings is 1. The molecular formula is C21H27IN6O. The summed E-state index contributed by atoms with van der Waals surface area (Å²) >= 11 is 0. The lowest BCUT2D eigenvalue weighted by Gasteiger charge is -2.14. The lowest BCUT2D eigenvalue weighted by molar-refractivity contribution is 0.322. The van der Waals surface area contributed by atoms with Crippen LogP contribution in [0, 0.1) is 0 Å². The molecule has 29 heavy (non-hydrogen) atoms. The van der Waals surface area contributed by atoms with Gasteiger partial charge in [-0.25, -0.2) is 9.67 Å². The van der Waals surface area contributed by atoms with Crippen molar-refractivity contribution < 1.29 is 4.74 Å². The Morgan fingerprint density at radius 1 is 1.10 bits per heavy atom. The zero-order valence-corrected chi connectivity index (χ0v) is 19.0. The average molecular weight is 506 g/mol. The minimum absolute atomic E-state index is 0. The van der Waals surface area contributed by atoms with Crippen LogP contribution >= 0.6 is 24.0 Å². The van der Waals surface area contributed by atoms with Crippen LogP contribution in [0.25, 0.3) is 5.69 Å². The lowest BCUT2D eigenvalue weighted by Crippen LogP contribution is -2.38. The van der Waals surface area contributed by atoms with Crippen LogP contribution in [0.3, 0.4) is 0 Å². The van der Waals surface area contributed by atoms with E-state index in [0.29, 0.717) is 19.0 Å². The second kappa shape index (κ2) is 12.1. The van der Waals surface area contributed by atoms with Crippen molar-refractivity contribution in [1.29, 1.82) is 0 Å². The van der Waals surface area contributed by atoms with Gasteiger partial charge in [0.05, 0.1) is 12.3 Å². The number of rotatable bonds is 8. The molecule has 3 rings (SSSR count). The van der Waals surface area contributed by atoms with Gasteiger partial charge in [0.1, 0.15) is 0 Å². The molecule has 0 saturated carbocycles. The van der Waals surface area contributed by atoms with Crippen molar-refractivity contribution in [3.8, 4) is 11.6 Å². The first kappa shape index (κ1) is 22.7. The summed E-state index contributed by atoms with van der Waals surface area (Å²) in [5.74, 6) is 1.41. The topological polar surface area (TPSA) is 76.4 Å². The Bertz CT molecular complexity index is 880. The molecule has 1 aromatic carbocycles. The quantitative estimate of drug-likeness (QED) is 0.279. The molecule has 0 spiro atoms. The van der Waals surface area contributed by atoms with E-state index in [4.69, 9.17) is 4.74 Å². The van der Waals surface area contributed by atoms with E-state index in [1.54, 1.807) is 19.4 Å². The zero-order valence-electron chi connectivity index (χ0n) is 16.7. The number of aromatic nitrogens is 3. The molecule has 0 aliphatic carbocycles. The van der Waals surface area contributed by atoms with E-state index in [9.17, 15) is 0 Å².